The lowest BCUT2D eigenvalue weighted by molar-refractivity contribution is 0.122. The van der Waals surface area contributed by atoms with E-state index in [1.54, 1.807) is 0 Å². The fraction of sp³-hybridized carbons (Fsp3) is 0.650. The second-order valence-corrected chi connectivity index (χ2v) is 8.03. The first-order valence-corrected chi connectivity index (χ1v) is 10.4. The summed E-state index contributed by atoms with van der Waals surface area (Å²) >= 11 is 0. The average Bonchev–Trinajstić information content (AvgIpc) is 3.50. The van der Waals surface area contributed by atoms with Crippen molar-refractivity contribution in [2.24, 2.45) is 0 Å². The van der Waals surface area contributed by atoms with Crippen LogP contribution in [0.15, 0.2) is 22.9 Å². The van der Waals surface area contributed by atoms with Gasteiger partial charge in [0.25, 0.3) is 0 Å². The summed E-state index contributed by atoms with van der Waals surface area (Å²) in [7, 11) is 0. The van der Waals surface area contributed by atoms with Gasteiger partial charge in [-0.1, -0.05) is 5.16 Å². The van der Waals surface area contributed by atoms with Gasteiger partial charge in [-0.25, -0.2) is 4.98 Å². The molecule has 0 spiro atoms. The minimum Gasteiger partial charge on any atom is -0.378 e. The van der Waals surface area contributed by atoms with Crippen LogP contribution in [0.2, 0.25) is 0 Å². The van der Waals surface area contributed by atoms with Crippen LogP contribution in [0.25, 0.3) is 0 Å². The number of aromatic nitrogens is 3. The summed E-state index contributed by atoms with van der Waals surface area (Å²) in [6, 6.07) is 4.56. The van der Waals surface area contributed by atoms with E-state index in [0.717, 1.165) is 82.0 Å². The monoisotopic (exact) mass is 384 g/mol. The van der Waals surface area contributed by atoms with Crippen LogP contribution in [0.3, 0.4) is 0 Å². The van der Waals surface area contributed by atoms with Gasteiger partial charge in [0.05, 0.1) is 18.9 Å². The average molecular weight is 384 g/mol. The van der Waals surface area contributed by atoms with Gasteiger partial charge in [0.1, 0.15) is 11.6 Å². The Morgan fingerprint density at radius 1 is 1.07 bits per heavy atom. The third-order valence-electron chi connectivity index (χ3n) is 5.82. The number of nitrogens with zero attached hydrogens (tertiary/aromatic N) is 5. The molecule has 150 valence electrons. The normalized spacial score (nSPS) is 21.8. The Hall–Kier alpha value is -2.19. The van der Waals surface area contributed by atoms with Crippen molar-refractivity contribution in [2.75, 3.05) is 49.6 Å². The lowest BCUT2D eigenvalue weighted by atomic mass is 10.0. The molecule has 0 bridgehead atoms. The van der Waals surface area contributed by atoms with Crippen LogP contribution in [-0.4, -0.2) is 65.5 Å². The molecule has 0 radical (unpaired) electrons. The van der Waals surface area contributed by atoms with Crippen molar-refractivity contribution < 1.29 is 9.26 Å². The van der Waals surface area contributed by atoms with Crippen molar-refractivity contribution in [1.82, 2.24) is 20.0 Å². The Morgan fingerprint density at radius 2 is 1.89 bits per heavy atom. The maximum Gasteiger partial charge on any atom is 0.227 e. The van der Waals surface area contributed by atoms with Crippen molar-refractivity contribution in [1.29, 1.82) is 0 Å². The van der Waals surface area contributed by atoms with Gasteiger partial charge in [0.15, 0.2) is 0 Å². The van der Waals surface area contributed by atoms with Gasteiger partial charge in [-0.05, 0) is 31.7 Å². The molecule has 2 saturated heterocycles. The first kappa shape index (κ1) is 17.9. The Morgan fingerprint density at radius 3 is 2.68 bits per heavy atom. The summed E-state index contributed by atoms with van der Waals surface area (Å²) in [6.07, 6.45) is 6.55. The molecular weight excluding hydrogens is 356 g/mol. The van der Waals surface area contributed by atoms with Crippen LogP contribution in [-0.2, 0) is 11.3 Å². The highest BCUT2D eigenvalue weighted by Crippen LogP contribution is 2.40. The molecule has 3 fully saturated rings. The largest absolute Gasteiger partial charge is 0.378 e. The predicted molar refractivity (Wildman–Crippen MR) is 105 cm³/mol. The summed E-state index contributed by atoms with van der Waals surface area (Å²) in [6.45, 7) is 6.20. The molecule has 0 atom stereocenters. The number of piperidine rings is 1. The predicted octanol–water partition coefficient (Wildman–Crippen LogP) is 2.26. The Labute approximate surface area is 165 Å². The molecule has 0 amide bonds. The van der Waals surface area contributed by atoms with Gasteiger partial charge in [-0.2, -0.15) is 4.98 Å². The summed E-state index contributed by atoms with van der Waals surface area (Å²) in [4.78, 5) is 13.8. The molecule has 1 N–H and O–H groups in total. The van der Waals surface area contributed by atoms with E-state index >= 15 is 0 Å². The van der Waals surface area contributed by atoms with Crippen molar-refractivity contribution >= 4 is 11.8 Å². The zero-order valence-electron chi connectivity index (χ0n) is 16.2. The van der Waals surface area contributed by atoms with Gasteiger partial charge in [0, 0.05) is 56.9 Å². The smallest absolute Gasteiger partial charge is 0.227 e. The number of rotatable bonds is 6. The number of hydrogen-bond donors (Lipinski definition) is 1. The highest BCUT2D eigenvalue weighted by Gasteiger charge is 2.28. The van der Waals surface area contributed by atoms with E-state index in [1.165, 1.54) is 12.8 Å². The molecule has 0 unspecified atom stereocenters. The van der Waals surface area contributed by atoms with Crippen molar-refractivity contribution in [3.05, 3.63) is 29.8 Å². The van der Waals surface area contributed by atoms with Crippen LogP contribution in [0.4, 0.5) is 11.8 Å². The molecule has 2 aromatic heterocycles. The van der Waals surface area contributed by atoms with Gasteiger partial charge >= 0.3 is 0 Å². The molecule has 8 heteroatoms. The van der Waals surface area contributed by atoms with Crippen LogP contribution in [0.5, 0.6) is 0 Å². The number of hydrogen-bond acceptors (Lipinski definition) is 8. The van der Waals surface area contributed by atoms with Crippen LogP contribution < -0.4 is 10.2 Å². The van der Waals surface area contributed by atoms with Crippen LogP contribution in [0, 0.1) is 0 Å². The molecule has 1 saturated carbocycles. The lowest BCUT2D eigenvalue weighted by Gasteiger charge is -2.32. The minimum atomic E-state index is 0.447. The Bertz CT molecular complexity index is 779. The van der Waals surface area contributed by atoms with E-state index in [4.69, 9.17) is 14.2 Å². The maximum atomic E-state index is 5.48. The van der Waals surface area contributed by atoms with Crippen LogP contribution >= 0.6 is 0 Å². The standard InChI is InChI=1S/C20H28N6O2/c1-2-15(1)18-13-17(24-28-18)14-25-7-4-16(5-8-25)22-19-3-6-21-20(23-19)26-9-11-27-12-10-26/h3,6,13,15-16H,1-2,4-5,7-12,14H2,(H,21,22,23). The lowest BCUT2D eigenvalue weighted by Crippen LogP contribution is -2.39. The molecule has 3 aliphatic rings. The van der Waals surface area contributed by atoms with E-state index in [-0.39, 0.29) is 0 Å². The molecular formula is C20H28N6O2. The Balaban J connectivity index is 1.12. The van der Waals surface area contributed by atoms with Gasteiger partial charge in [0.2, 0.25) is 5.95 Å². The third kappa shape index (κ3) is 4.28. The quantitative estimate of drug-likeness (QED) is 0.812. The number of morpholine rings is 1. The first-order valence-electron chi connectivity index (χ1n) is 10.4. The fourth-order valence-corrected chi connectivity index (χ4v) is 3.98. The molecule has 2 aromatic rings. The highest BCUT2D eigenvalue weighted by molar-refractivity contribution is 5.42. The fourth-order valence-electron chi connectivity index (χ4n) is 3.98. The number of ether oxygens (including phenoxy) is 1. The van der Waals surface area contributed by atoms with E-state index in [1.807, 2.05) is 12.3 Å². The SMILES string of the molecule is c1cc(NC2CCN(Cc3cc(C4CC4)on3)CC2)nc(N2CCOCC2)n1. The topological polar surface area (TPSA) is 79.5 Å². The summed E-state index contributed by atoms with van der Waals surface area (Å²) in [5, 5.41) is 7.85. The Kier molecular flexibility index (Phi) is 5.14. The summed E-state index contributed by atoms with van der Waals surface area (Å²) in [5.74, 6) is 3.42. The van der Waals surface area contributed by atoms with E-state index in [2.05, 4.69) is 31.3 Å². The molecule has 28 heavy (non-hydrogen) atoms. The molecule has 4 heterocycles. The van der Waals surface area contributed by atoms with Gasteiger partial charge in [-0.15, -0.1) is 0 Å². The first-order chi connectivity index (χ1) is 13.8. The van der Waals surface area contributed by atoms with E-state index < -0.39 is 0 Å². The molecule has 1 aliphatic carbocycles. The van der Waals surface area contributed by atoms with Gasteiger partial charge in [-0.3, -0.25) is 4.90 Å². The summed E-state index contributed by atoms with van der Waals surface area (Å²) in [5.41, 5.74) is 1.07. The van der Waals surface area contributed by atoms with E-state index in [9.17, 15) is 0 Å². The van der Waals surface area contributed by atoms with Crippen molar-refractivity contribution in [2.45, 2.75) is 44.2 Å². The number of likely N-dealkylation sites (tertiary alicyclic amines) is 1. The van der Waals surface area contributed by atoms with E-state index in [0.29, 0.717) is 12.0 Å². The van der Waals surface area contributed by atoms with Crippen molar-refractivity contribution in [3.8, 4) is 0 Å². The summed E-state index contributed by atoms with van der Waals surface area (Å²) < 4.78 is 10.9. The second-order valence-electron chi connectivity index (χ2n) is 8.03. The number of anilines is 2. The zero-order valence-corrected chi connectivity index (χ0v) is 16.2. The maximum absolute atomic E-state index is 5.48. The minimum absolute atomic E-state index is 0.447. The highest BCUT2D eigenvalue weighted by atomic mass is 16.5. The zero-order chi connectivity index (χ0) is 18.8. The molecule has 5 rings (SSSR count). The van der Waals surface area contributed by atoms with Crippen molar-refractivity contribution in [3.63, 3.8) is 0 Å². The third-order valence-corrected chi connectivity index (χ3v) is 5.82. The molecule has 8 nitrogen and oxygen atoms in total. The molecule has 0 aromatic carbocycles. The molecule has 2 aliphatic heterocycles. The number of nitrogens with one attached hydrogen (secondary N) is 1. The second kappa shape index (κ2) is 8.05. The van der Waals surface area contributed by atoms with Crippen LogP contribution in [0.1, 0.15) is 43.1 Å². The van der Waals surface area contributed by atoms with Gasteiger partial charge < -0.3 is 19.5 Å².